The standard InChI is InChI=1S/C35H46FN5O9S/c1-34(2,3)50-32(45)37-27-13-8-6-4-5-7-11-22-17-35(22,31(44)39-51(47,48)24-14-15-24)38-29(42)28-16-23(19-41(28)30(27)43)49-33(46)40-18-21-10-9-12-26(36)25(21)20-40/h7,9-12,22-24,27-28H,4-6,8,13-20H2,1-3H3,(H,37,45)(H,38,42)(H,39,44)/t22?,23-,27+,28+,35+/m1/s1. The van der Waals surface area contributed by atoms with Crippen LogP contribution in [-0.2, 0) is 47.0 Å². The predicted octanol–water partition coefficient (Wildman–Crippen LogP) is 3.14. The molecule has 1 aromatic rings. The normalized spacial score (nSPS) is 28.3. The number of hydrogen-bond donors (Lipinski definition) is 3. The minimum absolute atomic E-state index is 0.00168. The van der Waals surface area contributed by atoms with E-state index in [1.807, 2.05) is 12.2 Å². The third-order valence-corrected chi connectivity index (χ3v) is 11.8. The van der Waals surface area contributed by atoms with E-state index in [1.54, 1.807) is 32.9 Å². The van der Waals surface area contributed by atoms with Crippen LogP contribution in [0.15, 0.2) is 30.4 Å². The van der Waals surface area contributed by atoms with Gasteiger partial charge in [0.2, 0.25) is 21.8 Å². The lowest BCUT2D eigenvalue weighted by molar-refractivity contribution is -0.141. The Morgan fingerprint density at radius 1 is 1.06 bits per heavy atom. The van der Waals surface area contributed by atoms with Crippen LogP contribution in [0.5, 0.6) is 0 Å². The maximum atomic E-state index is 14.4. The molecule has 1 unspecified atom stereocenters. The van der Waals surface area contributed by atoms with Gasteiger partial charge in [0.05, 0.1) is 18.3 Å². The third-order valence-electron chi connectivity index (χ3n) is 9.99. The van der Waals surface area contributed by atoms with Crippen LogP contribution in [0.4, 0.5) is 14.0 Å². The molecule has 3 fully saturated rings. The van der Waals surface area contributed by atoms with Crippen LogP contribution in [0, 0.1) is 11.7 Å². The van der Waals surface area contributed by atoms with Gasteiger partial charge in [0, 0.05) is 24.4 Å². The first-order valence-electron chi connectivity index (χ1n) is 17.6. The summed E-state index contributed by atoms with van der Waals surface area (Å²) in [6.07, 6.45) is 5.10. The summed E-state index contributed by atoms with van der Waals surface area (Å²) in [6, 6.07) is 2.30. The zero-order chi connectivity index (χ0) is 36.7. The van der Waals surface area contributed by atoms with E-state index in [0.29, 0.717) is 36.8 Å². The Bertz CT molecular complexity index is 1730. The lowest BCUT2D eigenvalue weighted by Crippen LogP contribution is -2.58. The largest absolute Gasteiger partial charge is 0.444 e. The molecule has 3 aliphatic heterocycles. The number of hydrogen-bond acceptors (Lipinski definition) is 9. The summed E-state index contributed by atoms with van der Waals surface area (Å²) in [6.45, 7) is 5.01. The highest BCUT2D eigenvalue weighted by molar-refractivity contribution is 7.91. The Morgan fingerprint density at radius 3 is 2.53 bits per heavy atom. The number of sulfonamides is 1. The first-order valence-corrected chi connectivity index (χ1v) is 19.2. The highest BCUT2D eigenvalue weighted by Crippen LogP contribution is 2.46. The van der Waals surface area contributed by atoms with Crippen LogP contribution in [0.3, 0.4) is 0 Å². The minimum atomic E-state index is -3.92. The lowest BCUT2D eigenvalue weighted by atomic mass is 10.0. The van der Waals surface area contributed by atoms with Gasteiger partial charge in [-0.25, -0.2) is 22.4 Å². The second kappa shape index (κ2) is 14.1. The van der Waals surface area contributed by atoms with Crippen LogP contribution in [0.25, 0.3) is 0 Å². The second-order valence-corrected chi connectivity index (χ2v) is 17.2. The predicted molar refractivity (Wildman–Crippen MR) is 180 cm³/mol. The van der Waals surface area contributed by atoms with Gasteiger partial charge in [-0.3, -0.25) is 24.0 Å². The van der Waals surface area contributed by atoms with Crippen LogP contribution in [0.2, 0.25) is 0 Å². The summed E-state index contributed by atoms with van der Waals surface area (Å²) < 4.78 is 53.3. The molecule has 5 atom stereocenters. The number of carbonyl (C=O) groups is 5. The van der Waals surface area contributed by atoms with Crippen molar-refractivity contribution in [3.05, 3.63) is 47.3 Å². The van der Waals surface area contributed by atoms with Gasteiger partial charge in [0.25, 0.3) is 5.91 Å². The van der Waals surface area contributed by atoms with E-state index in [-0.39, 0.29) is 38.9 Å². The first-order chi connectivity index (χ1) is 24.1. The van der Waals surface area contributed by atoms with E-state index >= 15 is 0 Å². The lowest BCUT2D eigenvalue weighted by Gasteiger charge is -2.30. The van der Waals surface area contributed by atoms with Gasteiger partial charge in [-0.2, -0.15) is 0 Å². The Balaban J connectivity index is 1.25. The monoisotopic (exact) mass is 731 g/mol. The average Bonchev–Trinajstić information content (AvgIpc) is 3.93. The van der Waals surface area contributed by atoms with E-state index in [4.69, 9.17) is 9.47 Å². The third kappa shape index (κ3) is 8.31. The molecule has 0 bridgehead atoms. The fourth-order valence-corrected chi connectivity index (χ4v) is 8.39. The summed E-state index contributed by atoms with van der Waals surface area (Å²) >= 11 is 0. The quantitative estimate of drug-likeness (QED) is 0.384. The summed E-state index contributed by atoms with van der Waals surface area (Å²) in [5.74, 6) is -3.06. The smallest absolute Gasteiger partial charge is 0.410 e. The molecule has 5 aliphatic rings. The highest BCUT2D eigenvalue weighted by Gasteiger charge is 2.62. The number of carbonyl (C=O) groups excluding carboxylic acids is 5. The summed E-state index contributed by atoms with van der Waals surface area (Å²) in [4.78, 5) is 70.8. The van der Waals surface area contributed by atoms with Gasteiger partial charge in [-0.1, -0.05) is 37.1 Å². The average molecular weight is 732 g/mol. The molecule has 14 nitrogen and oxygen atoms in total. The number of nitrogens with one attached hydrogen (secondary N) is 3. The van der Waals surface area contributed by atoms with Crippen molar-refractivity contribution in [2.75, 3.05) is 6.54 Å². The molecule has 16 heteroatoms. The van der Waals surface area contributed by atoms with E-state index in [1.165, 1.54) is 15.9 Å². The Hall–Kier alpha value is -4.21. The molecule has 2 aliphatic carbocycles. The molecule has 0 spiro atoms. The van der Waals surface area contributed by atoms with E-state index < -0.39 is 86.2 Å². The number of benzene rings is 1. The molecule has 0 aromatic heterocycles. The van der Waals surface area contributed by atoms with Gasteiger partial charge >= 0.3 is 12.2 Å². The summed E-state index contributed by atoms with van der Waals surface area (Å²) in [5, 5.41) is 4.79. The molecule has 0 radical (unpaired) electrons. The zero-order valence-corrected chi connectivity index (χ0v) is 29.9. The van der Waals surface area contributed by atoms with Gasteiger partial charge in [0.1, 0.15) is 35.1 Å². The molecule has 3 heterocycles. The molecule has 3 N–H and O–H groups in total. The molecule has 2 saturated carbocycles. The van der Waals surface area contributed by atoms with Crippen molar-refractivity contribution in [1.82, 2.24) is 25.2 Å². The van der Waals surface area contributed by atoms with Crippen molar-refractivity contribution < 1.29 is 46.3 Å². The highest BCUT2D eigenvalue weighted by atomic mass is 32.2. The van der Waals surface area contributed by atoms with Crippen molar-refractivity contribution in [1.29, 1.82) is 0 Å². The topological polar surface area (TPSA) is 181 Å². The second-order valence-electron chi connectivity index (χ2n) is 15.2. The number of allylic oxidation sites excluding steroid dienone is 1. The molecule has 51 heavy (non-hydrogen) atoms. The van der Waals surface area contributed by atoms with E-state index in [2.05, 4.69) is 15.4 Å². The van der Waals surface area contributed by atoms with Crippen LogP contribution >= 0.6 is 0 Å². The SMILES string of the molecule is CC(C)(C)OC(=O)N[C@H]1CCCCCC=CC2C[C@]2(C(=O)NS(=O)(=O)C2CC2)NC(=O)[C@@H]2C[C@@H](OC(=O)N3Cc4cccc(F)c4C3)CN2C1=O. The van der Waals surface area contributed by atoms with Crippen molar-refractivity contribution in [2.45, 2.75) is 126 Å². The van der Waals surface area contributed by atoms with Crippen molar-refractivity contribution in [2.24, 2.45) is 5.92 Å². The van der Waals surface area contributed by atoms with E-state index in [9.17, 15) is 36.8 Å². The maximum absolute atomic E-state index is 14.4. The molecule has 5 amide bonds. The Labute approximate surface area is 296 Å². The first kappa shape index (κ1) is 36.6. The molecule has 278 valence electrons. The number of alkyl carbamates (subject to hydrolysis) is 1. The maximum Gasteiger partial charge on any atom is 0.410 e. The Morgan fingerprint density at radius 2 is 1.82 bits per heavy atom. The fraction of sp³-hybridized carbons (Fsp3) is 0.629. The minimum Gasteiger partial charge on any atom is -0.444 e. The number of halogens is 1. The number of rotatable bonds is 5. The molecule has 1 saturated heterocycles. The van der Waals surface area contributed by atoms with Gasteiger partial charge in [-0.15, -0.1) is 0 Å². The van der Waals surface area contributed by atoms with Crippen molar-refractivity contribution in [3.63, 3.8) is 0 Å². The van der Waals surface area contributed by atoms with E-state index in [0.717, 1.165) is 12.8 Å². The Kier molecular flexibility index (Phi) is 10.1. The van der Waals surface area contributed by atoms with Crippen LogP contribution < -0.4 is 15.4 Å². The molecular formula is C35H46FN5O9S. The van der Waals surface area contributed by atoms with Crippen molar-refractivity contribution >= 4 is 39.9 Å². The number of nitrogens with zero attached hydrogens (tertiary/aromatic N) is 2. The van der Waals surface area contributed by atoms with Gasteiger partial charge in [0.15, 0.2) is 0 Å². The number of fused-ring (bicyclic) bond motifs is 3. The summed E-state index contributed by atoms with van der Waals surface area (Å²) in [7, 11) is -3.92. The van der Waals surface area contributed by atoms with Crippen LogP contribution in [-0.4, -0.2) is 89.2 Å². The molecule has 1 aromatic carbocycles. The van der Waals surface area contributed by atoms with Crippen molar-refractivity contribution in [3.8, 4) is 0 Å². The number of ether oxygens (including phenoxy) is 2. The van der Waals surface area contributed by atoms with Gasteiger partial charge in [-0.05, 0) is 70.9 Å². The summed E-state index contributed by atoms with van der Waals surface area (Å²) in [5.41, 5.74) is -1.36. The zero-order valence-electron chi connectivity index (χ0n) is 29.1. The molecule has 6 rings (SSSR count). The molecular weight excluding hydrogens is 685 g/mol. The van der Waals surface area contributed by atoms with Crippen LogP contribution in [0.1, 0.15) is 89.7 Å². The van der Waals surface area contributed by atoms with Gasteiger partial charge < -0.3 is 25.0 Å². The number of amides is 5. The fourth-order valence-electron chi connectivity index (χ4n) is 7.02.